The summed E-state index contributed by atoms with van der Waals surface area (Å²) < 4.78 is 6.21. The van der Waals surface area contributed by atoms with Gasteiger partial charge in [0.25, 0.3) is 11.8 Å². The molecule has 1 spiro atoms. The first-order chi connectivity index (χ1) is 14.6. The van der Waals surface area contributed by atoms with Crippen LogP contribution in [0.25, 0.3) is 0 Å². The second-order valence-electron chi connectivity index (χ2n) is 8.51. The number of piperidine rings is 1. The van der Waals surface area contributed by atoms with E-state index in [0.29, 0.717) is 18.4 Å². The van der Waals surface area contributed by atoms with Crippen LogP contribution >= 0.6 is 0 Å². The van der Waals surface area contributed by atoms with Crippen LogP contribution in [0.5, 0.6) is 0 Å². The Hall–Kier alpha value is -2.92. The Morgan fingerprint density at radius 3 is 2.23 bits per heavy atom. The summed E-state index contributed by atoms with van der Waals surface area (Å²) in [7, 11) is 0. The van der Waals surface area contributed by atoms with E-state index in [1.807, 2.05) is 24.3 Å². The van der Waals surface area contributed by atoms with Gasteiger partial charge in [0.1, 0.15) is 5.76 Å². The van der Waals surface area contributed by atoms with Crippen LogP contribution in [0, 0.1) is 5.92 Å². The zero-order valence-corrected chi connectivity index (χ0v) is 17.0. The van der Waals surface area contributed by atoms with Crippen molar-refractivity contribution in [3.63, 3.8) is 0 Å². The van der Waals surface area contributed by atoms with Gasteiger partial charge in [-0.15, -0.1) is 0 Å². The van der Waals surface area contributed by atoms with E-state index in [9.17, 15) is 9.59 Å². The van der Waals surface area contributed by atoms with E-state index < -0.39 is 5.60 Å². The number of nitrogens with zero attached hydrogens (tertiary/aromatic N) is 2. The molecule has 2 aromatic rings. The third kappa shape index (κ3) is 3.65. The van der Waals surface area contributed by atoms with Crippen molar-refractivity contribution in [1.29, 1.82) is 0 Å². The van der Waals surface area contributed by atoms with Gasteiger partial charge in [-0.1, -0.05) is 48.5 Å². The molecule has 0 bridgehead atoms. The second kappa shape index (κ2) is 7.73. The number of carbonyl (C=O) groups excluding carboxylic acids is 2. The van der Waals surface area contributed by atoms with Gasteiger partial charge in [-0.2, -0.15) is 0 Å². The van der Waals surface area contributed by atoms with E-state index in [0.717, 1.165) is 38.2 Å². The van der Waals surface area contributed by atoms with Gasteiger partial charge >= 0.3 is 0 Å². The molecule has 2 aromatic carbocycles. The molecule has 0 aromatic heterocycles. The second-order valence-corrected chi connectivity index (χ2v) is 8.51. The van der Waals surface area contributed by atoms with Gasteiger partial charge in [0.15, 0.2) is 5.60 Å². The Labute approximate surface area is 176 Å². The molecule has 5 rings (SSSR count). The first-order valence-corrected chi connectivity index (χ1v) is 10.7. The van der Waals surface area contributed by atoms with Crippen molar-refractivity contribution in [2.45, 2.75) is 37.8 Å². The minimum absolute atomic E-state index is 0.221. The molecule has 0 atom stereocenters. The molecular weight excluding hydrogens is 376 g/mol. The fourth-order valence-electron chi connectivity index (χ4n) is 4.41. The van der Waals surface area contributed by atoms with Crippen LogP contribution in [-0.4, -0.2) is 40.3 Å². The van der Waals surface area contributed by atoms with Crippen molar-refractivity contribution in [3.05, 3.63) is 83.7 Å². The van der Waals surface area contributed by atoms with Gasteiger partial charge in [0.05, 0.1) is 6.20 Å². The van der Waals surface area contributed by atoms with E-state index >= 15 is 0 Å². The third-order valence-electron chi connectivity index (χ3n) is 6.36. The first kappa shape index (κ1) is 19.1. The van der Waals surface area contributed by atoms with Gasteiger partial charge in [-0.3, -0.25) is 14.5 Å². The van der Waals surface area contributed by atoms with Crippen molar-refractivity contribution < 1.29 is 14.3 Å². The molecule has 2 heterocycles. The standard InChI is InChI=1S/C25H26N2O3/c28-23(21-9-5-2-6-10-21)27-18-22(30-25(13-14-25)24(27)29)20-11-15-26(16-12-20)17-19-7-3-1-4-8-19/h1-10,18,20H,11-17H2. The number of ether oxygens (including phenoxy) is 1. The lowest BCUT2D eigenvalue weighted by Gasteiger charge is -2.37. The Balaban J connectivity index is 1.30. The van der Waals surface area contributed by atoms with Gasteiger partial charge in [-0.25, -0.2) is 4.90 Å². The summed E-state index contributed by atoms with van der Waals surface area (Å²) in [6.07, 6.45) is 4.98. The number of likely N-dealkylation sites (tertiary alicyclic amines) is 1. The van der Waals surface area contributed by atoms with Crippen LogP contribution in [-0.2, 0) is 16.1 Å². The van der Waals surface area contributed by atoms with Crippen LogP contribution < -0.4 is 0 Å². The smallest absolute Gasteiger partial charge is 0.277 e. The molecule has 154 valence electrons. The van der Waals surface area contributed by atoms with Crippen LogP contribution in [0.4, 0.5) is 0 Å². The van der Waals surface area contributed by atoms with Crippen LogP contribution in [0.1, 0.15) is 41.6 Å². The molecule has 0 unspecified atom stereocenters. The molecule has 30 heavy (non-hydrogen) atoms. The topological polar surface area (TPSA) is 49.9 Å². The summed E-state index contributed by atoms with van der Waals surface area (Å²) in [6, 6.07) is 19.5. The predicted molar refractivity (Wildman–Crippen MR) is 113 cm³/mol. The summed E-state index contributed by atoms with van der Waals surface area (Å²) in [4.78, 5) is 29.7. The van der Waals surface area contributed by atoms with Crippen molar-refractivity contribution in [3.8, 4) is 0 Å². The molecule has 0 radical (unpaired) electrons. The van der Waals surface area contributed by atoms with E-state index in [1.54, 1.807) is 18.3 Å². The van der Waals surface area contributed by atoms with Gasteiger partial charge < -0.3 is 4.74 Å². The molecule has 1 saturated carbocycles. The fraction of sp³-hybridized carbons (Fsp3) is 0.360. The van der Waals surface area contributed by atoms with Gasteiger partial charge in [0, 0.05) is 30.9 Å². The lowest BCUT2D eigenvalue weighted by molar-refractivity contribution is -0.143. The molecule has 3 aliphatic rings. The predicted octanol–water partition coefficient (Wildman–Crippen LogP) is 3.97. The molecule has 1 aliphatic carbocycles. The molecule has 5 nitrogen and oxygen atoms in total. The Morgan fingerprint density at radius 2 is 1.60 bits per heavy atom. The molecule has 5 heteroatoms. The minimum Gasteiger partial charge on any atom is -0.480 e. The zero-order valence-electron chi connectivity index (χ0n) is 17.0. The van der Waals surface area contributed by atoms with E-state index in [4.69, 9.17) is 4.74 Å². The number of hydrogen-bond acceptors (Lipinski definition) is 4. The Morgan fingerprint density at radius 1 is 0.967 bits per heavy atom. The highest BCUT2D eigenvalue weighted by Gasteiger charge is 2.58. The third-order valence-corrected chi connectivity index (χ3v) is 6.36. The van der Waals surface area contributed by atoms with Crippen LogP contribution in [0.15, 0.2) is 72.6 Å². The van der Waals surface area contributed by atoms with Gasteiger partial charge in [-0.05, 0) is 43.6 Å². The summed E-state index contributed by atoms with van der Waals surface area (Å²) in [6.45, 7) is 2.91. The maximum absolute atomic E-state index is 13.0. The zero-order chi connectivity index (χ0) is 20.6. The normalized spacial score (nSPS) is 21.3. The van der Waals surface area contributed by atoms with E-state index in [1.165, 1.54) is 10.5 Å². The molecular formula is C25H26N2O3. The lowest BCUT2D eigenvalue weighted by atomic mass is 9.93. The van der Waals surface area contributed by atoms with Crippen molar-refractivity contribution in [2.24, 2.45) is 5.92 Å². The Kier molecular flexibility index (Phi) is 4.91. The molecule has 2 aliphatic heterocycles. The largest absolute Gasteiger partial charge is 0.480 e. The van der Waals surface area contributed by atoms with Crippen LogP contribution in [0.2, 0.25) is 0 Å². The maximum Gasteiger partial charge on any atom is 0.277 e. The Bertz CT molecular complexity index is 958. The summed E-state index contributed by atoms with van der Waals surface area (Å²) in [5, 5.41) is 0. The minimum atomic E-state index is -0.810. The van der Waals surface area contributed by atoms with Crippen LogP contribution in [0.3, 0.4) is 0 Å². The lowest BCUT2D eigenvalue weighted by Crippen LogP contribution is -2.47. The fourth-order valence-corrected chi connectivity index (χ4v) is 4.41. The number of benzene rings is 2. The summed E-state index contributed by atoms with van der Waals surface area (Å²) in [5.74, 6) is 0.556. The van der Waals surface area contributed by atoms with Crippen molar-refractivity contribution in [2.75, 3.05) is 13.1 Å². The number of rotatable bonds is 4. The summed E-state index contributed by atoms with van der Waals surface area (Å²) in [5.41, 5.74) is 1.04. The molecule has 0 N–H and O–H groups in total. The number of hydrogen-bond donors (Lipinski definition) is 0. The number of amides is 2. The van der Waals surface area contributed by atoms with E-state index in [-0.39, 0.29) is 17.7 Å². The quantitative estimate of drug-likeness (QED) is 0.726. The van der Waals surface area contributed by atoms with E-state index in [2.05, 4.69) is 29.2 Å². The average molecular weight is 402 g/mol. The van der Waals surface area contributed by atoms with Crippen molar-refractivity contribution in [1.82, 2.24) is 9.80 Å². The maximum atomic E-state index is 13.0. The number of imide groups is 1. The SMILES string of the molecule is O=C(c1ccccc1)N1C=C(C2CCN(Cc3ccccc3)CC2)OC2(CC2)C1=O. The van der Waals surface area contributed by atoms with Crippen molar-refractivity contribution >= 4 is 11.8 Å². The highest BCUT2D eigenvalue weighted by atomic mass is 16.5. The molecule has 1 saturated heterocycles. The highest BCUT2D eigenvalue weighted by Crippen LogP contribution is 2.47. The monoisotopic (exact) mass is 402 g/mol. The molecule has 2 fully saturated rings. The number of carbonyl (C=O) groups is 2. The first-order valence-electron chi connectivity index (χ1n) is 10.7. The summed E-state index contributed by atoms with van der Waals surface area (Å²) >= 11 is 0. The highest BCUT2D eigenvalue weighted by molar-refractivity contribution is 6.09. The molecule has 2 amide bonds. The average Bonchev–Trinajstić information content (AvgIpc) is 3.57. The number of allylic oxidation sites excluding steroid dienone is 1. The van der Waals surface area contributed by atoms with Gasteiger partial charge in [0.2, 0.25) is 0 Å².